The summed E-state index contributed by atoms with van der Waals surface area (Å²) >= 11 is 0. The van der Waals surface area contributed by atoms with Crippen LogP contribution in [0.3, 0.4) is 0 Å². The zero-order valence-corrected chi connectivity index (χ0v) is 13.6. The van der Waals surface area contributed by atoms with Crippen LogP contribution in [-0.4, -0.2) is 33.8 Å². The Morgan fingerprint density at radius 2 is 1.76 bits per heavy atom. The number of benzene rings is 1. The third-order valence-electron chi connectivity index (χ3n) is 3.96. The van der Waals surface area contributed by atoms with Gasteiger partial charge in [0.1, 0.15) is 5.72 Å². The molecule has 1 heterocycles. The molecule has 0 bridgehead atoms. The molecule has 1 aliphatic heterocycles. The van der Waals surface area contributed by atoms with Gasteiger partial charge in [-0.05, 0) is 38.8 Å². The van der Waals surface area contributed by atoms with Gasteiger partial charge in [0.15, 0.2) is 0 Å². The highest BCUT2D eigenvalue weighted by atomic mass is 16.3. The van der Waals surface area contributed by atoms with E-state index in [-0.39, 0.29) is 11.6 Å². The zero-order chi connectivity index (χ0) is 15.8. The van der Waals surface area contributed by atoms with Gasteiger partial charge in [-0.2, -0.15) is 0 Å². The van der Waals surface area contributed by atoms with Gasteiger partial charge < -0.3 is 10.0 Å². The topological polar surface area (TPSA) is 43.8 Å². The number of nitrogens with zero attached hydrogens (tertiary/aromatic N) is 2. The van der Waals surface area contributed by atoms with Crippen LogP contribution in [0.5, 0.6) is 0 Å². The fraction of sp³-hybridized carbons (Fsp3) is 0.588. The molecular weight excluding hydrogens is 264 g/mol. The molecule has 0 saturated carbocycles. The Morgan fingerprint density at radius 3 is 2.29 bits per heavy atom. The Balaban J connectivity index is 2.42. The van der Waals surface area contributed by atoms with E-state index in [4.69, 9.17) is 0 Å². The molecule has 0 radical (unpaired) electrons. The average Bonchev–Trinajstić information content (AvgIpc) is 2.34. The van der Waals surface area contributed by atoms with Gasteiger partial charge in [-0.1, -0.05) is 32.0 Å². The molecule has 1 atom stereocenters. The van der Waals surface area contributed by atoms with Crippen LogP contribution in [0.4, 0.5) is 10.5 Å². The van der Waals surface area contributed by atoms with Crippen LogP contribution >= 0.6 is 0 Å². The Labute approximate surface area is 127 Å². The number of carbonyl (C=O) groups is 1. The molecule has 1 N–H and O–H groups in total. The van der Waals surface area contributed by atoms with E-state index in [1.807, 2.05) is 49.1 Å². The van der Waals surface area contributed by atoms with E-state index in [0.717, 1.165) is 5.69 Å². The predicted octanol–water partition coefficient (Wildman–Crippen LogP) is 3.46. The minimum atomic E-state index is -1.19. The molecule has 1 aliphatic rings. The van der Waals surface area contributed by atoms with Crippen LogP contribution in [0.25, 0.3) is 0 Å². The third kappa shape index (κ3) is 3.05. The fourth-order valence-corrected chi connectivity index (χ4v) is 3.24. The fourth-order valence-electron chi connectivity index (χ4n) is 3.24. The first-order valence-electron chi connectivity index (χ1n) is 7.54. The van der Waals surface area contributed by atoms with Crippen LogP contribution in [0.2, 0.25) is 0 Å². The summed E-state index contributed by atoms with van der Waals surface area (Å²) < 4.78 is 0. The number of aliphatic hydroxyl groups is 1. The van der Waals surface area contributed by atoms with Gasteiger partial charge in [-0.3, -0.25) is 4.90 Å². The number of rotatable bonds is 3. The molecule has 0 unspecified atom stereocenters. The van der Waals surface area contributed by atoms with Crippen molar-refractivity contribution < 1.29 is 9.90 Å². The quantitative estimate of drug-likeness (QED) is 0.926. The smallest absolute Gasteiger partial charge is 0.327 e. The highest BCUT2D eigenvalue weighted by Crippen LogP contribution is 2.38. The molecule has 0 aliphatic carbocycles. The van der Waals surface area contributed by atoms with Crippen molar-refractivity contribution in [1.82, 2.24) is 4.90 Å². The van der Waals surface area contributed by atoms with Gasteiger partial charge in [-0.15, -0.1) is 0 Å². The van der Waals surface area contributed by atoms with E-state index in [1.165, 1.54) is 4.90 Å². The third-order valence-corrected chi connectivity index (χ3v) is 3.96. The zero-order valence-electron chi connectivity index (χ0n) is 13.6. The SMILES string of the molecule is CC(C)CN1C(=O)N(c2ccccc2)[C@@](C)(O)CC1(C)C. The Bertz CT molecular complexity index is 509. The molecule has 1 aromatic rings. The van der Waals surface area contributed by atoms with Crippen molar-refractivity contribution in [3.05, 3.63) is 30.3 Å². The molecular formula is C17H26N2O2. The molecule has 0 aromatic heterocycles. The Hall–Kier alpha value is -1.55. The molecule has 116 valence electrons. The van der Waals surface area contributed by atoms with Gasteiger partial charge in [-0.25, -0.2) is 4.79 Å². The Kier molecular flexibility index (Phi) is 4.02. The Morgan fingerprint density at radius 1 is 1.19 bits per heavy atom. The molecule has 1 fully saturated rings. The number of urea groups is 1. The summed E-state index contributed by atoms with van der Waals surface area (Å²) in [5, 5.41) is 10.8. The largest absolute Gasteiger partial charge is 0.371 e. The first-order valence-corrected chi connectivity index (χ1v) is 7.54. The lowest BCUT2D eigenvalue weighted by Gasteiger charge is -2.54. The van der Waals surface area contributed by atoms with Crippen molar-refractivity contribution in [2.45, 2.75) is 52.3 Å². The number of hydrogen-bond acceptors (Lipinski definition) is 2. The average molecular weight is 290 g/mol. The standard InChI is InChI=1S/C17H26N2O2/c1-13(2)11-18-15(20)19(14-9-7-6-8-10-14)17(5,21)12-16(18,3)4/h6-10,13,21H,11-12H2,1-5H3/t17-/m0/s1. The van der Waals surface area contributed by atoms with Gasteiger partial charge >= 0.3 is 6.03 Å². The lowest BCUT2D eigenvalue weighted by Crippen LogP contribution is -2.68. The van der Waals surface area contributed by atoms with Crippen LogP contribution in [-0.2, 0) is 0 Å². The summed E-state index contributed by atoms with van der Waals surface area (Å²) in [6.07, 6.45) is 0.507. The molecule has 4 heteroatoms. The number of amides is 2. The summed E-state index contributed by atoms with van der Waals surface area (Å²) in [4.78, 5) is 16.4. The first-order chi connectivity index (χ1) is 9.65. The van der Waals surface area contributed by atoms with Gasteiger partial charge in [0.2, 0.25) is 0 Å². The maximum atomic E-state index is 13.0. The summed E-state index contributed by atoms with van der Waals surface area (Å²) in [7, 11) is 0. The highest BCUT2D eigenvalue weighted by Gasteiger charge is 2.50. The minimum absolute atomic E-state index is 0.129. The van der Waals surface area contributed by atoms with Crippen molar-refractivity contribution in [3.63, 3.8) is 0 Å². The van der Waals surface area contributed by atoms with E-state index >= 15 is 0 Å². The van der Waals surface area contributed by atoms with Crippen LogP contribution in [0, 0.1) is 5.92 Å². The summed E-state index contributed by atoms with van der Waals surface area (Å²) in [5.41, 5.74) is -0.817. The van der Waals surface area contributed by atoms with E-state index in [1.54, 1.807) is 6.92 Å². The summed E-state index contributed by atoms with van der Waals surface area (Å²) in [5.74, 6) is 0.383. The number of anilines is 1. The van der Waals surface area contributed by atoms with E-state index < -0.39 is 5.72 Å². The first kappa shape index (κ1) is 15.8. The van der Waals surface area contributed by atoms with Crippen molar-refractivity contribution in [3.8, 4) is 0 Å². The molecule has 0 spiro atoms. The number of para-hydroxylation sites is 1. The second-order valence-electron chi connectivity index (χ2n) is 7.16. The predicted molar refractivity (Wildman–Crippen MR) is 85.2 cm³/mol. The minimum Gasteiger partial charge on any atom is -0.371 e. The van der Waals surface area contributed by atoms with Crippen molar-refractivity contribution in [1.29, 1.82) is 0 Å². The van der Waals surface area contributed by atoms with Crippen molar-refractivity contribution in [2.24, 2.45) is 5.92 Å². The van der Waals surface area contributed by atoms with Crippen molar-refractivity contribution in [2.75, 3.05) is 11.4 Å². The lowest BCUT2D eigenvalue weighted by atomic mass is 9.87. The molecule has 1 aromatic carbocycles. The normalized spacial score (nSPS) is 25.6. The van der Waals surface area contributed by atoms with Gasteiger partial charge in [0, 0.05) is 24.2 Å². The van der Waals surface area contributed by atoms with E-state index in [2.05, 4.69) is 13.8 Å². The summed E-state index contributed by atoms with van der Waals surface area (Å²) in [6, 6.07) is 9.26. The molecule has 1 saturated heterocycles. The number of carbonyl (C=O) groups excluding carboxylic acids is 1. The van der Waals surface area contributed by atoms with Crippen LogP contribution in [0.15, 0.2) is 30.3 Å². The van der Waals surface area contributed by atoms with Crippen molar-refractivity contribution >= 4 is 11.7 Å². The number of hydrogen-bond donors (Lipinski definition) is 1. The lowest BCUT2D eigenvalue weighted by molar-refractivity contribution is -0.0280. The molecule has 21 heavy (non-hydrogen) atoms. The van der Waals surface area contributed by atoms with E-state index in [0.29, 0.717) is 18.9 Å². The monoisotopic (exact) mass is 290 g/mol. The van der Waals surface area contributed by atoms with E-state index in [9.17, 15) is 9.90 Å². The van der Waals surface area contributed by atoms with Crippen LogP contribution < -0.4 is 4.90 Å². The molecule has 2 amide bonds. The maximum absolute atomic E-state index is 13.0. The maximum Gasteiger partial charge on any atom is 0.327 e. The molecule has 4 nitrogen and oxygen atoms in total. The molecule has 2 rings (SSSR count). The summed E-state index contributed by atoms with van der Waals surface area (Å²) in [6.45, 7) is 10.6. The van der Waals surface area contributed by atoms with Crippen LogP contribution in [0.1, 0.15) is 41.0 Å². The second kappa shape index (κ2) is 5.34. The van der Waals surface area contributed by atoms with Gasteiger partial charge in [0.05, 0.1) is 0 Å². The second-order valence-corrected chi connectivity index (χ2v) is 7.16. The van der Waals surface area contributed by atoms with Gasteiger partial charge in [0.25, 0.3) is 0 Å². The highest BCUT2D eigenvalue weighted by molar-refractivity contribution is 5.94.